The van der Waals surface area contributed by atoms with E-state index in [0.29, 0.717) is 5.56 Å². The van der Waals surface area contributed by atoms with Gasteiger partial charge in [-0.2, -0.15) is 5.26 Å². The second-order valence-electron chi connectivity index (χ2n) is 7.01. The topological polar surface area (TPSA) is 57.7 Å². The van der Waals surface area contributed by atoms with E-state index in [4.69, 9.17) is 5.26 Å². The van der Waals surface area contributed by atoms with Crippen molar-refractivity contribution in [3.63, 3.8) is 0 Å². The maximum atomic E-state index is 9.11. The summed E-state index contributed by atoms with van der Waals surface area (Å²) in [4.78, 5) is 2.47. The van der Waals surface area contributed by atoms with Crippen LogP contribution in [0.4, 0.5) is 0 Å². The first-order valence-corrected chi connectivity index (χ1v) is 10.7. The van der Waals surface area contributed by atoms with E-state index in [-0.39, 0.29) is 0 Å². The Labute approximate surface area is 170 Å². The minimum atomic E-state index is 0.688. The Morgan fingerprint density at radius 2 is 1.79 bits per heavy atom. The van der Waals surface area contributed by atoms with Gasteiger partial charge >= 0.3 is 0 Å². The highest BCUT2D eigenvalue weighted by atomic mass is 32.2. The minimum absolute atomic E-state index is 0.688. The molecule has 142 valence electrons. The van der Waals surface area contributed by atoms with Gasteiger partial charge in [0, 0.05) is 11.4 Å². The molecule has 0 bridgehead atoms. The molecule has 6 heteroatoms. The summed E-state index contributed by atoms with van der Waals surface area (Å²) < 4.78 is 2.17. The van der Waals surface area contributed by atoms with Crippen molar-refractivity contribution in [1.82, 2.24) is 19.7 Å². The molecule has 1 aromatic heterocycles. The number of hydrogen-bond donors (Lipinski definition) is 0. The molecule has 0 aliphatic carbocycles. The molecular formula is C22H23N5S. The molecule has 1 aliphatic heterocycles. The average Bonchev–Trinajstić information content (AvgIpc) is 3.16. The van der Waals surface area contributed by atoms with Crippen molar-refractivity contribution in [2.75, 3.05) is 13.1 Å². The predicted octanol–water partition coefficient (Wildman–Crippen LogP) is 4.42. The number of benzene rings is 2. The molecule has 1 aliphatic rings. The van der Waals surface area contributed by atoms with Crippen molar-refractivity contribution in [1.29, 1.82) is 5.26 Å². The number of nitrogens with zero attached hydrogens (tertiary/aromatic N) is 5. The first kappa shape index (κ1) is 18.7. The van der Waals surface area contributed by atoms with E-state index in [1.807, 2.05) is 42.5 Å². The fraction of sp³-hybridized carbons (Fsp3) is 0.318. The van der Waals surface area contributed by atoms with Crippen LogP contribution in [0, 0.1) is 11.3 Å². The van der Waals surface area contributed by atoms with Gasteiger partial charge in [0.2, 0.25) is 0 Å². The van der Waals surface area contributed by atoms with Crippen LogP contribution in [0.25, 0.3) is 5.69 Å². The van der Waals surface area contributed by atoms with Gasteiger partial charge in [0.15, 0.2) is 11.0 Å². The first-order chi connectivity index (χ1) is 13.8. The van der Waals surface area contributed by atoms with Crippen LogP contribution in [-0.2, 0) is 12.3 Å². The number of piperidine rings is 1. The SMILES string of the molecule is N#Cc1cccc(CSc2nnc(CN3CCCCC3)n2-c2ccccc2)c1. The van der Waals surface area contributed by atoms with E-state index in [0.717, 1.165) is 47.6 Å². The number of para-hydroxylation sites is 1. The number of thioether (sulfide) groups is 1. The monoisotopic (exact) mass is 389 g/mol. The van der Waals surface area contributed by atoms with Crippen LogP contribution in [0.3, 0.4) is 0 Å². The van der Waals surface area contributed by atoms with E-state index >= 15 is 0 Å². The van der Waals surface area contributed by atoms with E-state index in [9.17, 15) is 0 Å². The Bertz CT molecular complexity index is 955. The molecule has 5 nitrogen and oxygen atoms in total. The lowest BCUT2D eigenvalue weighted by Crippen LogP contribution is -2.30. The van der Waals surface area contributed by atoms with Crippen molar-refractivity contribution in [3.05, 3.63) is 71.5 Å². The number of hydrogen-bond acceptors (Lipinski definition) is 5. The first-order valence-electron chi connectivity index (χ1n) is 9.67. The highest BCUT2D eigenvalue weighted by Crippen LogP contribution is 2.26. The van der Waals surface area contributed by atoms with Crippen molar-refractivity contribution < 1.29 is 0 Å². The fourth-order valence-electron chi connectivity index (χ4n) is 3.53. The second-order valence-corrected chi connectivity index (χ2v) is 7.95. The summed E-state index contributed by atoms with van der Waals surface area (Å²) in [5.41, 5.74) is 2.89. The Balaban J connectivity index is 1.58. The summed E-state index contributed by atoms with van der Waals surface area (Å²) in [7, 11) is 0. The van der Waals surface area contributed by atoms with Gasteiger partial charge in [0.1, 0.15) is 0 Å². The molecule has 1 fully saturated rings. The lowest BCUT2D eigenvalue weighted by molar-refractivity contribution is 0.214. The summed E-state index contributed by atoms with van der Waals surface area (Å²) in [6.45, 7) is 3.09. The lowest BCUT2D eigenvalue weighted by atomic mass is 10.1. The van der Waals surface area contributed by atoms with Gasteiger partial charge in [-0.25, -0.2) is 0 Å². The zero-order chi connectivity index (χ0) is 19.2. The molecule has 28 heavy (non-hydrogen) atoms. The molecule has 2 aromatic carbocycles. The van der Waals surface area contributed by atoms with Gasteiger partial charge in [0.05, 0.1) is 18.2 Å². The molecule has 0 spiro atoms. The standard InChI is InChI=1S/C22H23N5S/c23-15-18-8-7-9-19(14-18)17-28-22-25-24-21(16-26-12-5-2-6-13-26)27(22)20-10-3-1-4-11-20/h1,3-4,7-11,14H,2,5-6,12-13,16-17H2. The summed E-state index contributed by atoms with van der Waals surface area (Å²) >= 11 is 1.66. The smallest absolute Gasteiger partial charge is 0.196 e. The van der Waals surface area contributed by atoms with Crippen LogP contribution in [0.2, 0.25) is 0 Å². The van der Waals surface area contributed by atoms with Crippen molar-refractivity contribution in [2.45, 2.75) is 36.7 Å². The maximum Gasteiger partial charge on any atom is 0.196 e. The van der Waals surface area contributed by atoms with Gasteiger partial charge in [-0.1, -0.05) is 48.5 Å². The zero-order valence-corrected chi connectivity index (χ0v) is 16.6. The van der Waals surface area contributed by atoms with Crippen molar-refractivity contribution in [3.8, 4) is 11.8 Å². The highest BCUT2D eigenvalue weighted by molar-refractivity contribution is 7.98. The third-order valence-electron chi connectivity index (χ3n) is 4.95. The van der Waals surface area contributed by atoms with Crippen LogP contribution in [0.1, 0.15) is 36.2 Å². The van der Waals surface area contributed by atoms with Gasteiger partial charge in [-0.15, -0.1) is 10.2 Å². The highest BCUT2D eigenvalue weighted by Gasteiger charge is 2.18. The Morgan fingerprint density at radius 3 is 2.57 bits per heavy atom. The van der Waals surface area contributed by atoms with Crippen molar-refractivity contribution >= 4 is 11.8 Å². The van der Waals surface area contributed by atoms with E-state index in [2.05, 4.69) is 37.9 Å². The molecule has 2 heterocycles. The van der Waals surface area contributed by atoms with E-state index in [1.165, 1.54) is 19.3 Å². The number of likely N-dealkylation sites (tertiary alicyclic amines) is 1. The second kappa shape index (κ2) is 9.05. The van der Waals surface area contributed by atoms with Crippen LogP contribution in [0.15, 0.2) is 59.8 Å². The van der Waals surface area contributed by atoms with Gasteiger partial charge < -0.3 is 0 Å². The van der Waals surface area contributed by atoms with E-state index in [1.54, 1.807) is 11.8 Å². The Morgan fingerprint density at radius 1 is 0.964 bits per heavy atom. The van der Waals surface area contributed by atoms with Crippen LogP contribution >= 0.6 is 11.8 Å². The summed E-state index contributed by atoms with van der Waals surface area (Å²) in [5.74, 6) is 1.74. The van der Waals surface area contributed by atoms with Gasteiger partial charge in [-0.3, -0.25) is 9.47 Å². The molecule has 1 saturated heterocycles. The molecular weight excluding hydrogens is 366 g/mol. The molecule has 0 radical (unpaired) electrons. The predicted molar refractivity (Wildman–Crippen MR) is 111 cm³/mol. The van der Waals surface area contributed by atoms with E-state index < -0.39 is 0 Å². The fourth-order valence-corrected chi connectivity index (χ4v) is 4.44. The normalized spacial score (nSPS) is 14.7. The molecule has 0 atom stereocenters. The largest absolute Gasteiger partial charge is 0.296 e. The van der Waals surface area contributed by atoms with Gasteiger partial charge in [-0.05, 0) is 55.8 Å². The van der Waals surface area contributed by atoms with Crippen LogP contribution < -0.4 is 0 Å². The van der Waals surface area contributed by atoms with Crippen molar-refractivity contribution in [2.24, 2.45) is 0 Å². The minimum Gasteiger partial charge on any atom is -0.296 e. The summed E-state index contributed by atoms with van der Waals surface area (Å²) in [5, 5.41) is 19.0. The van der Waals surface area contributed by atoms with Crippen LogP contribution in [-0.4, -0.2) is 32.8 Å². The Kier molecular flexibility index (Phi) is 6.05. The molecule has 3 aromatic rings. The third kappa shape index (κ3) is 4.44. The third-order valence-corrected chi connectivity index (χ3v) is 5.95. The maximum absolute atomic E-state index is 9.11. The lowest BCUT2D eigenvalue weighted by Gasteiger charge is -2.26. The van der Waals surface area contributed by atoms with Gasteiger partial charge in [0.25, 0.3) is 0 Å². The number of aromatic nitrogens is 3. The number of nitriles is 1. The van der Waals surface area contributed by atoms with Crippen LogP contribution in [0.5, 0.6) is 0 Å². The molecule has 0 amide bonds. The molecule has 0 unspecified atom stereocenters. The zero-order valence-electron chi connectivity index (χ0n) is 15.8. The molecule has 4 rings (SSSR count). The number of rotatable bonds is 6. The summed E-state index contributed by atoms with van der Waals surface area (Å²) in [6.07, 6.45) is 3.84. The molecule has 0 N–H and O–H groups in total. The summed E-state index contributed by atoms with van der Waals surface area (Å²) in [6, 6.07) is 20.3. The quantitative estimate of drug-likeness (QED) is 0.584. The Hall–Kier alpha value is -2.62. The average molecular weight is 390 g/mol. The molecule has 0 saturated carbocycles.